The van der Waals surface area contributed by atoms with Gasteiger partial charge in [0, 0.05) is 22.7 Å². The zero-order valence-corrected chi connectivity index (χ0v) is 13.0. The molecule has 0 spiro atoms. The van der Waals surface area contributed by atoms with Crippen LogP contribution in [-0.4, -0.2) is 16.0 Å². The van der Waals surface area contributed by atoms with Crippen LogP contribution in [0.4, 0.5) is 11.4 Å². The molecule has 1 amide bonds. The Morgan fingerprint density at radius 3 is 2.83 bits per heavy atom. The van der Waals surface area contributed by atoms with Gasteiger partial charge in [-0.25, -0.2) is 0 Å². The maximum absolute atomic E-state index is 12.2. The summed E-state index contributed by atoms with van der Waals surface area (Å²) in [7, 11) is 0. The molecule has 7 heteroatoms. The number of carbonyl (C=O) groups excluding carboxylic acids is 1. The first kappa shape index (κ1) is 15.7. The van der Waals surface area contributed by atoms with Gasteiger partial charge < -0.3 is 9.84 Å². The van der Waals surface area contributed by atoms with Crippen molar-refractivity contribution in [2.24, 2.45) is 0 Å². The molecule has 0 atom stereocenters. The van der Waals surface area contributed by atoms with Crippen LogP contribution in [0.1, 0.15) is 18.2 Å². The highest BCUT2D eigenvalue weighted by molar-refractivity contribution is 5.94. The average molecular weight is 325 g/mol. The molecule has 122 valence electrons. The lowest BCUT2D eigenvalue weighted by atomic mass is 10.1. The maximum Gasteiger partial charge on any atom is 0.274 e. The fourth-order valence-corrected chi connectivity index (χ4v) is 2.53. The minimum atomic E-state index is -0.445. The number of aryl methyl sites for hydroxylation is 1. The first-order valence-corrected chi connectivity index (χ1v) is 7.49. The number of carbonyl (C=O) groups is 1. The van der Waals surface area contributed by atoms with Crippen LogP contribution in [0.25, 0.3) is 11.0 Å². The number of aromatic nitrogens is 1. The molecule has 0 aliphatic heterocycles. The second-order valence-corrected chi connectivity index (χ2v) is 5.30. The first-order chi connectivity index (χ1) is 11.6. The maximum atomic E-state index is 12.2. The lowest BCUT2D eigenvalue weighted by molar-refractivity contribution is -0.385. The summed E-state index contributed by atoms with van der Waals surface area (Å²) >= 11 is 0. The summed E-state index contributed by atoms with van der Waals surface area (Å²) in [5.41, 5.74) is 2.16. The molecule has 0 saturated carbocycles. The number of anilines is 1. The summed E-state index contributed by atoms with van der Waals surface area (Å²) < 4.78 is 5.16. The molecule has 1 aromatic heterocycles. The number of nitrogens with one attached hydrogen (secondary N) is 1. The number of nitro benzene ring substituents is 1. The molecular weight excluding hydrogens is 310 g/mol. The highest BCUT2D eigenvalue weighted by atomic mass is 16.6. The number of para-hydroxylation sites is 1. The van der Waals surface area contributed by atoms with E-state index < -0.39 is 4.92 Å². The van der Waals surface area contributed by atoms with Crippen molar-refractivity contribution in [3.63, 3.8) is 0 Å². The van der Waals surface area contributed by atoms with Crippen molar-refractivity contribution in [1.82, 2.24) is 5.16 Å². The predicted molar refractivity (Wildman–Crippen MR) is 88.8 cm³/mol. The van der Waals surface area contributed by atoms with Gasteiger partial charge in [-0.15, -0.1) is 0 Å². The topological polar surface area (TPSA) is 98.3 Å². The molecule has 0 aliphatic rings. The van der Waals surface area contributed by atoms with Crippen LogP contribution in [-0.2, 0) is 17.6 Å². The van der Waals surface area contributed by atoms with Gasteiger partial charge in [0.25, 0.3) is 5.69 Å². The van der Waals surface area contributed by atoms with Gasteiger partial charge in [0.05, 0.1) is 11.3 Å². The predicted octanol–water partition coefficient (Wildman–Crippen LogP) is 3.48. The van der Waals surface area contributed by atoms with Crippen molar-refractivity contribution in [3.8, 4) is 0 Å². The smallest absolute Gasteiger partial charge is 0.274 e. The number of benzene rings is 2. The number of nitrogens with zero attached hydrogens (tertiary/aromatic N) is 2. The van der Waals surface area contributed by atoms with Gasteiger partial charge in [0.2, 0.25) is 5.91 Å². The molecule has 0 saturated heterocycles. The Kier molecular flexibility index (Phi) is 4.24. The van der Waals surface area contributed by atoms with Crippen molar-refractivity contribution in [2.75, 3.05) is 5.32 Å². The number of fused-ring (bicyclic) bond motifs is 1. The Morgan fingerprint density at radius 2 is 2.08 bits per heavy atom. The van der Waals surface area contributed by atoms with E-state index >= 15 is 0 Å². The van der Waals surface area contributed by atoms with Crippen LogP contribution in [0.15, 0.2) is 47.0 Å². The van der Waals surface area contributed by atoms with Crippen LogP contribution in [0.3, 0.4) is 0 Å². The molecule has 0 aliphatic carbocycles. The van der Waals surface area contributed by atoms with E-state index in [-0.39, 0.29) is 18.0 Å². The Balaban J connectivity index is 1.77. The minimum Gasteiger partial charge on any atom is -0.356 e. The van der Waals surface area contributed by atoms with E-state index in [4.69, 9.17) is 4.52 Å². The van der Waals surface area contributed by atoms with Gasteiger partial charge in [-0.05, 0) is 24.6 Å². The molecule has 7 nitrogen and oxygen atoms in total. The van der Waals surface area contributed by atoms with Crippen LogP contribution in [0, 0.1) is 10.1 Å². The molecule has 0 unspecified atom stereocenters. The van der Waals surface area contributed by atoms with Crippen LogP contribution < -0.4 is 5.32 Å². The van der Waals surface area contributed by atoms with Crippen molar-refractivity contribution >= 4 is 28.3 Å². The monoisotopic (exact) mass is 325 g/mol. The van der Waals surface area contributed by atoms with Gasteiger partial charge in [-0.3, -0.25) is 14.9 Å². The van der Waals surface area contributed by atoms with Crippen LogP contribution in [0.2, 0.25) is 0 Å². The van der Waals surface area contributed by atoms with Gasteiger partial charge in [-0.2, -0.15) is 0 Å². The standard InChI is InChI=1S/C17H15N3O4/c1-2-11-7-8-12(9-15(11)20(22)23)18-17(21)10-14-13-5-3-4-6-16(13)24-19-14/h3-9H,2,10H2,1H3,(H,18,21). The summed E-state index contributed by atoms with van der Waals surface area (Å²) in [6.07, 6.45) is 0.579. The van der Waals surface area contributed by atoms with Crippen molar-refractivity contribution in [1.29, 1.82) is 0 Å². The third-order valence-electron chi connectivity index (χ3n) is 3.73. The van der Waals surface area contributed by atoms with Crippen molar-refractivity contribution in [2.45, 2.75) is 19.8 Å². The molecule has 2 aromatic carbocycles. The fourth-order valence-electron chi connectivity index (χ4n) is 2.53. The van der Waals surface area contributed by atoms with Gasteiger partial charge in [0.15, 0.2) is 5.58 Å². The van der Waals surface area contributed by atoms with E-state index in [0.717, 1.165) is 5.39 Å². The third-order valence-corrected chi connectivity index (χ3v) is 3.73. The second-order valence-electron chi connectivity index (χ2n) is 5.30. The van der Waals surface area contributed by atoms with E-state index in [1.165, 1.54) is 6.07 Å². The number of nitro groups is 1. The Hall–Kier alpha value is -3.22. The van der Waals surface area contributed by atoms with E-state index in [1.807, 2.05) is 25.1 Å². The van der Waals surface area contributed by atoms with Crippen LogP contribution >= 0.6 is 0 Å². The molecular formula is C17H15N3O4. The zero-order chi connectivity index (χ0) is 17.1. The first-order valence-electron chi connectivity index (χ1n) is 7.49. The normalized spacial score (nSPS) is 10.7. The summed E-state index contributed by atoms with van der Waals surface area (Å²) in [6.45, 7) is 1.84. The molecule has 1 N–H and O–H groups in total. The lowest BCUT2D eigenvalue weighted by Crippen LogP contribution is -2.15. The largest absolute Gasteiger partial charge is 0.356 e. The average Bonchev–Trinajstić information content (AvgIpc) is 2.98. The fraction of sp³-hybridized carbons (Fsp3) is 0.176. The van der Waals surface area contributed by atoms with Gasteiger partial charge >= 0.3 is 0 Å². The van der Waals surface area contributed by atoms with Crippen LogP contribution in [0.5, 0.6) is 0 Å². The quantitative estimate of drug-likeness (QED) is 0.572. The van der Waals surface area contributed by atoms with E-state index in [9.17, 15) is 14.9 Å². The molecule has 3 aromatic rings. The SMILES string of the molecule is CCc1ccc(NC(=O)Cc2noc3ccccc23)cc1[N+](=O)[O-]. The van der Waals surface area contributed by atoms with Gasteiger partial charge in [-0.1, -0.05) is 30.3 Å². The highest BCUT2D eigenvalue weighted by Crippen LogP contribution is 2.24. The lowest BCUT2D eigenvalue weighted by Gasteiger charge is -2.06. The summed E-state index contributed by atoms with van der Waals surface area (Å²) in [6, 6.07) is 12.0. The zero-order valence-electron chi connectivity index (χ0n) is 13.0. The highest BCUT2D eigenvalue weighted by Gasteiger charge is 2.16. The molecule has 0 fully saturated rings. The number of hydrogen-bond donors (Lipinski definition) is 1. The number of amides is 1. The minimum absolute atomic E-state index is 0.00202. The molecule has 24 heavy (non-hydrogen) atoms. The van der Waals surface area contributed by atoms with Crippen molar-refractivity contribution < 1.29 is 14.2 Å². The summed E-state index contributed by atoms with van der Waals surface area (Å²) in [5.74, 6) is -0.312. The number of hydrogen-bond acceptors (Lipinski definition) is 5. The molecule has 0 bridgehead atoms. The Bertz CT molecular complexity index is 917. The van der Waals surface area contributed by atoms with E-state index in [1.54, 1.807) is 18.2 Å². The van der Waals surface area contributed by atoms with Crippen molar-refractivity contribution in [3.05, 3.63) is 63.8 Å². The van der Waals surface area contributed by atoms with Gasteiger partial charge in [0.1, 0.15) is 5.69 Å². The summed E-state index contributed by atoms with van der Waals surface area (Å²) in [4.78, 5) is 22.8. The number of rotatable bonds is 5. The third kappa shape index (κ3) is 3.10. The molecule has 1 heterocycles. The Labute approximate surface area is 137 Å². The Morgan fingerprint density at radius 1 is 1.29 bits per heavy atom. The van der Waals surface area contributed by atoms with E-state index in [2.05, 4.69) is 10.5 Å². The second kappa shape index (κ2) is 6.49. The van der Waals surface area contributed by atoms with E-state index in [0.29, 0.717) is 28.9 Å². The molecule has 0 radical (unpaired) electrons. The summed E-state index contributed by atoms with van der Waals surface area (Å²) in [5, 5.41) is 18.4. The molecule has 3 rings (SSSR count).